The van der Waals surface area contributed by atoms with Crippen LogP contribution >= 0.6 is 0 Å². The average Bonchev–Trinajstić information content (AvgIpc) is 3.31. The van der Waals surface area contributed by atoms with Crippen LogP contribution in [0.5, 0.6) is 0 Å². The van der Waals surface area contributed by atoms with Gasteiger partial charge in [0.1, 0.15) is 0 Å². The summed E-state index contributed by atoms with van der Waals surface area (Å²) in [4.78, 5) is 12.4. The molecule has 1 aliphatic carbocycles. The summed E-state index contributed by atoms with van der Waals surface area (Å²) in [6.07, 6.45) is 0.859. The van der Waals surface area contributed by atoms with Crippen LogP contribution in [0.25, 0.3) is 0 Å². The Morgan fingerprint density at radius 3 is 2.05 bits per heavy atom. The first-order valence-electron chi connectivity index (χ1n) is 7.38. The summed E-state index contributed by atoms with van der Waals surface area (Å²) in [6.45, 7) is 1.01. The van der Waals surface area contributed by atoms with Gasteiger partial charge in [-0.2, -0.15) is 0 Å². The van der Waals surface area contributed by atoms with E-state index in [1.54, 1.807) is 0 Å². The van der Waals surface area contributed by atoms with Gasteiger partial charge in [0.15, 0.2) is 0 Å². The normalized spacial score (nSPS) is 19.0. The van der Waals surface area contributed by atoms with E-state index in [1.807, 2.05) is 36.4 Å². The molecule has 3 N–H and O–H groups in total. The predicted octanol–water partition coefficient (Wildman–Crippen LogP) is 2.07. The minimum absolute atomic E-state index is 0.00569. The van der Waals surface area contributed by atoms with E-state index in [4.69, 9.17) is 5.73 Å². The first kappa shape index (κ1) is 13.8. The average molecular weight is 280 g/mol. The Labute approximate surface area is 125 Å². The van der Waals surface area contributed by atoms with Gasteiger partial charge in [0.2, 0.25) is 5.91 Å². The number of hydrogen-bond acceptors (Lipinski definition) is 2. The van der Waals surface area contributed by atoms with Crippen molar-refractivity contribution in [3.05, 3.63) is 71.8 Å². The third-order valence-electron chi connectivity index (χ3n) is 4.30. The Kier molecular flexibility index (Phi) is 3.76. The first-order valence-corrected chi connectivity index (χ1v) is 7.38. The van der Waals surface area contributed by atoms with E-state index < -0.39 is 0 Å². The Morgan fingerprint density at radius 2 is 1.57 bits per heavy atom. The molecule has 3 nitrogen and oxygen atoms in total. The zero-order valence-corrected chi connectivity index (χ0v) is 12.0. The van der Waals surface area contributed by atoms with Gasteiger partial charge < -0.3 is 11.1 Å². The van der Waals surface area contributed by atoms with Crippen LogP contribution in [0.4, 0.5) is 0 Å². The van der Waals surface area contributed by atoms with Crippen molar-refractivity contribution in [3.8, 4) is 0 Å². The Morgan fingerprint density at radius 1 is 1.05 bits per heavy atom. The van der Waals surface area contributed by atoms with E-state index in [0.29, 0.717) is 13.1 Å². The number of benzene rings is 2. The van der Waals surface area contributed by atoms with Crippen LogP contribution < -0.4 is 11.1 Å². The quantitative estimate of drug-likeness (QED) is 0.881. The molecule has 0 saturated heterocycles. The molecule has 0 spiro atoms. The fourth-order valence-electron chi connectivity index (χ4n) is 3.17. The number of hydrogen-bond donors (Lipinski definition) is 2. The molecule has 2 aromatic carbocycles. The van der Waals surface area contributed by atoms with Gasteiger partial charge >= 0.3 is 0 Å². The fourth-order valence-corrected chi connectivity index (χ4v) is 3.17. The minimum Gasteiger partial charge on any atom is -0.355 e. The van der Waals surface area contributed by atoms with E-state index in [-0.39, 0.29) is 17.2 Å². The van der Waals surface area contributed by atoms with Crippen molar-refractivity contribution in [1.82, 2.24) is 5.32 Å². The molecular weight excluding hydrogens is 260 g/mol. The topological polar surface area (TPSA) is 55.1 Å². The highest BCUT2D eigenvalue weighted by Gasteiger charge is 2.59. The summed E-state index contributed by atoms with van der Waals surface area (Å²) in [5.41, 5.74) is 7.72. The number of rotatable bonds is 5. The van der Waals surface area contributed by atoms with Crippen molar-refractivity contribution >= 4 is 5.91 Å². The Balaban J connectivity index is 1.94. The second kappa shape index (κ2) is 5.70. The zero-order valence-electron chi connectivity index (χ0n) is 12.0. The number of amides is 1. The molecule has 1 aliphatic rings. The van der Waals surface area contributed by atoms with E-state index in [9.17, 15) is 4.79 Å². The van der Waals surface area contributed by atoms with Crippen LogP contribution in [-0.4, -0.2) is 19.0 Å². The van der Waals surface area contributed by atoms with Gasteiger partial charge in [-0.25, -0.2) is 0 Å². The van der Waals surface area contributed by atoms with E-state index in [0.717, 1.165) is 6.42 Å². The lowest BCUT2D eigenvalue weighted by Gasteiger charge is -2.18. The third kappa shape index (κ3) is 2.45. The summed E-state index contributed by atoms with van der Waals surface area (Å²) in [7, 11) is 0. The lowest BCUT2D eigenvalue weighted by Crippen LogP contribution is -2.32. The van der Waals surface area contributed by atoms with Gasteiger partial charge in [0.05, 0.1) is 5.92 Å². The van der Waals surface area contributed by atoms with E-state index in [1.165, 1.54) is 11.1 Å². The second-order valence-corrected chi connectivity index (χ2v) is 5.54. The van der Waals surface area contributed by atoms with Crippen molar-refractivity contribution in [3.63, 3.8) is 0 Å². The molecule has 0 bridgehead atoms. The number of nitrogens with one attached hydrogen (secondary N) is 1. The Bertz CT molecular complexity index is 570. The monoisotopic (exact) mass is 280 g/mol. The standard InChI is InChI=1S/C18H20N2O/c19-11-12-20-17(21)16-13-18(16,14-7-3-1-4-8-14)15-9-5-2-6-10-15/h1-10,16H,11-13,19H2,(H,20,21)/t16-/m0/s1. The van der Waals surface area contributed by atoms with Crippen molar-refractivity contribution in [2.45, 2.75) is 11.8 Å². The molecule has 3 heteroatoms. The van der Waals surface area contributed by atoms with Gasteiger partial charge in [0.25, 0.3) is 0 Å². The summed E-state index contributed by atoms with van der Waals surface area (Å²) < 4.78 is 0. The molecule has 1 atom stereocenters. The molecule has 21 heavy (non-hydrogen) atoms. The van der Waals surface area contributed by atoms with Gasteiger partial charge in [-0.3, -0.25) is 4.79 Å². The van der Waals surface area contributed by atoms with Gasteiger partial charge in [-0.1, -0.05) is 60.7 Å². The highest BCUT2D eigenvalue weighted by atomic mass is 16.2. The molecule has 0 heterocycles. The molecule has 0 aromatic heterocycles. The summed E-state index contributed by atoms with van der Waals surface area (Å²) >= 11 is 0. The molecule has 3 rings (SSSR count). The lowest BCUT2D eigenvalue weighted by molar-refractivity contribution is -0.122. The maximum atomic E-state index is 12.4. The second-order valence-electron chi connectivity index (χ2n) is 5.54. The third-order valence-corrected chi connectivity index (χ3v) is 4.30. The molecule has 1 saturated carbocycles. The van der Waals surface area contributed by atoms with Crippen LogP contribution in [-0.2, 0) is 10.2 Å². The molecule has 0 unspecified atom stereocenters. The molecule has 108 valence electrons. The minimum atomic E-state index is -0.179. The van der Waals surface area contributed by atoms with Crippen LogP contribution in [0.2, 0.25) is 0 Å². The molecular formula is C18H20N2O. The van der Waals surface area contributed by atoms with Gasteiger partial charge in [-0.15, -0.1) is 0 Å². The highest BCUT2D eigenvalue weighted by molar-refractivity contribution is 5.86. The van der Waals surface area contributed by atoms with Crippen molar-refractivity contribution in [2.75, 3.05) is 13.1 Å². The van der Waals surface area contributed by atoms with Crippen molar-refractivity contribution in [1.29, 1.82) is 0 Å². The molecule has 0 aliphatic heterocycles. The van der Waals surface area contributed by atoms with Crippen molar-refractivity contribution < 1.29 is 4.79 Å². The lowest BCUT2D eigenvalue weighted by atomic mass is 9.85. The molecule has 2 aromatic rings. The number of carbonyl (C=O) groups is 1. The summed E-state index contributed by atoms with van der Waals surface area (Å²) in [5.74, 6) is 0.0991. The van der Waals surface area contributed by atoms with Gasteiger partial charge in [0, 0.05) is 18.5 Å². The largest absolute Gasteiger partial charge is 0.355 e. The van der Waals surface area contributed by atoms with Crippen LogP contribution in [0.3, 0.4) is 0 Å². The summed E-state index contributed by atoms with van der Waals surface area (Å²) in [5, 5.41) is 2.92. The fraction of sp³-hybridized carbons (Fsp3) is 0.278. The predicted molar refractivity (Wildman–Crippen MR) is 83.8 cm³/mol. The SMILES string of the molecule is NCCNC(=O)[C@@H]1CC1(c1ccccc1)c1ccccc1. The highest BCUT2D eigenvalue weighted by Crippen LogP contribution is 2.58. The maximum absolute atomic E-state index is 12.4. The zero-order chi connectivity index (χ0) is 14.7. The number of nitrogens with two attached hydrogens (primary N) is 1. The first-order chi connectivity index (χ1) is 10.3. The van der Waals surface area contributed by atoms with Crippen LogP contribution in [0.1, 0.15) is 17.5 Å². The smallest absolute Gasteiger partial charge is 0.224 e. The van der Waals surface area contributed by atoms with E-state index in [2.05, 4.69) is 29.6 Å². The van der Waals surface area contributed by atoms with E-state index >= 15 is 0 Å². The molecule has 0 radical (unpaired) electrons. The maximum Gasteiger partial charge on any atom is 0.224 e. The molecule has 1 amide bonds. The van der Waals surface area contributed by atoms with Crippen LogP contribution in [0.15, 0.2) is 60.7 Å². The number of carbonyl (C=O) groups excluding carboxylic acids is 1. The molecule has 1 fully saturated rings. The van der Waals surface area contributed by atoms with Gasteiger partial charge in [-0.05, 0) is 17.5 Å². The Hall–Kier alpha value is -2.13. The van der Waals surface area contributed by atoms with Crippen molar-refractivity contribution in [2.24, 2.45) is 11.7 Å². The summed E-state index contributed by atoms with van der Waals surface area (Å²) in [6, 6.07) is 20.6. The van der Waals surface area contributed by atoms with Crippen LogP contribution in [0, 0.1) is 5.92 Å².